The topological polar surface area (TPSA) is 54.5 Å². The molecule has 0 radical (unpaired) electrons. The Morgan fingerprint density at radius 3 is 2.45 bits per heavy atom. The third kappa shape index (κ3) is 2.10. The molecule has 1 aromatic rings. The largest absolute Gasteiger partial charge is 0.298 e. The first-order valence-corrected chi connectivity index (χ1v) is 7.61. The number of rotatable bonds is 2. The van der Waals surface area contributed by atoms with Crippen molar-refractivity contribution in [3.63, 3.8) is 0 Å². The number of hydrogen-bond acceptors (Lipinski definition) is 3. The van der Waals surface area contributed by atoms with E-state index in [-0.39, 0.29) is 11.8 Å². The lowest BCUT2D eigenvalue weighted by atomic mass is 9.86. The number of imide groups is 1. The Morgan fingerprint density at radius 1 is 1.09 bits per heavy atom. The van der Waals surface area contributed by atoms with Gasteiger partial charge in [-0.25, -0.2) is 4.90 Å². The molecule has 0 N–H and O–H groups in total. The van der Waals surface area contributed by atoms with Gasteiger partial charge in [-0.1, -0.05) is 13.0 Å². The van der Waals surface area contributed by atoms with Crippen LogP contribution >= 0.6 is 0 Å². The van der Waals surface area contributed by atoms with Crippen molar-refractivity contribution < 1.29 is 14.4 Å². The zero-order valence-electron chi connectivity index (χ0n) is 13.1. The highest BCUT2D eigenvalue weighted by Crippen LogP contribution is 2.39. The van der Waals surface area contributed by atoms with E-state index in [1.54, 1.807) is 6.07 Å². The van der Waals surface area contributed by atoms with Gasteiger partial charge in [0.25, 0.3) is 11.8 Å². The summed E-state index contributed by atoms with van der Waals surface area (Å²) in [6, 6.07) is 3.49. The molecule has 0 saturated heterocycles. The van der Waals surface area contributed by atoms with Crippen LogP contribution < -0.4 is 4.90 Å². The summed E-state index contributed by atoms with van der Waals surface area (Å²) in [5.41, 5.74) is 4.05. The minimum Gasteiger partial charge on any atom is -0.298 e. The molecule has 0 bridgehead atoms. The predicted molar refractivity (Wildman–Crippen MR) is 83.8 cm³/mol. The molecule has 1 atom stereocenters. The fraction of sp³-hybridized carbons (Fsp3) is 0.389. The maximum Gasteiger partial charge on any atom is 0.261 e. The summed E-state index contributed by atoms with van der Waals surface area (Å²) in [6.07, 6.45) is 3.04. The molecule has 2 aliphatic rings. The molecule has 4 heteroatoms. The SMILES string of the molecule is Cc1cc(C)c(N2C(=O)C3=C(CC(C)CC3)C2=O)cc1C=O. The number of benzene rings is 1. The van der Waals surface area contributed by atoms with Gasteiger partial charge in [0.15, 0.2) is 0 Å². The van der Waals surface area contributed by atoms with E-state index >= 15 is 0 Å². The lowest BCUT2D eigenvalue weighted by molar-refractivity contribution is -0.120. The molecule has 0 saturated carbocycles. The Balaban J connectivity index is 2.06. The van der Waals surface area contributed by atoms with Gasteiger partial charge < -0.3 is 0 Å². The lowest BCUT2D eigenvalue weighted by Gasteiger charge is -2.19. The Morgan fingerprint density at radius 2 is 1.77 bits per heavy atom. The summed E-state index contributed by atoms with van der Waals surface area (Å²) < 4.78 is 0. The molecule has 22 heavy (non-hydrogen) atoms. The lowest BCUT2D eigenvalue weighted by Crippen LogP contribution is -2.32. The third-order valence-electron chi connectivity index (χ3n) is 4.68. The number of aldehydes is 1. The molecule has 0 aromatic heterocycles. The molecule has 1 aliphatic heterocycles. The zero-order chi connectivity index (χ0) is 16.0. The van der Waals surface area contributed by atoms with E-state index in [0.717, 1.165) is 23.8 Å². The molecule has 4 nitrogen and oxygen atoms in total. The van der Waals surface area contributed by atoms with Gasteiger partial charge in [-0.3, -0.25) is 14.4 Å². The van der Waals surface area contributed by atoms with Crippen LogP contribution in [0.1, 0.15) is 47.7 Å². The molecule has 1 aliphatic carbocycles. The van der Waals surface area contributed by atoms with Gasteiger partial charge in [0.2, 0.25) is 0 Å². The number of carbonyl (C=O) groups excluding carboxylic acids is 3. The van der Waals surface area contributed by atoms with E-state index in [9.17, 15) is 14.4 Å². The highest BCUT2D eigenvalue weighted by atomic mass is 16.2. The fourth-order valence-corrected chi connectivity index (χ4v) is 3.37. The molecule has 1 unspecified atom stereocenters. The normalized spacial score (nSPS) is 21.4. The van der Waals surface area contributed by atoms with Crippen LogP contribution in [-0.4, -0.2) is 18.1 Å². The van der Waals surface area contributed by atoms with Crippen molar-refractivity contribution in [2.45, 2.75) is 40.0 Å². The second-order valence-corrected chi connectivity index (χ2v) is 6.36. The Hall–Kier alpha value is -2.23. The van der Waals surface area contributed by atoms with Crippen molar-refractivity contribution in [1.82, 2.24) is 0 Å². The Bertz CT molecular complexity index is 730. The summed E-state index contributed by atoms with van der Waals surface area (Å²) in [4.78, 5) is 37.8. The minimum atomic E-state index is -0.213. The highest BCUT2D eigenvalue weighted by molar-refractivity contribution is 6.33. The number of aryl methyl sites for hydroxylation is 2. The molecule has 2 amide bonds. The van der Waals surface area contributed by atoms with Gasteiger partial charge in [-0.2, -0.15) is 0 Å². The van der Waals surface area contributed by atoms with E-state index < -0.39 is 0 Å². The number of nitrogens with zero attached hydrogens (tertiary/aromatic N) is 1. The van der Waals surface area contributed by atoms with Gasteiger partial charge >= 0.3 is 0 Å². The summed E-state index contributed by atoms with van der Waals surface area (Å²) in [6.45, 7) is 5.81. The van der Waals surface area contributed by atoms with Crippen LogP contribution in [0.25, 0.3) is 0 Å². The molecule has 114 valence electrons. The molecule has 1 aromatic carbocycles. The second kappa shape index (κ2) is 5.20. The molecular weight excluding hydrogens is 278 g/mol. The number of hydrogen-bond donors (Lipinski definition) is 0. The third-order valence-corrected chi connectivity index (χ3v) is 4.68. The first-order valence-electron chi connectivity index (χ1n) is 7.61. The fourth-order valence-electron chi connectivity index (χ4n) is 3.37. The number of carbonyl (C=O) groups is 3. The molecule has 3 rings (SSSR count). The van der Waals surface area contributed by atoms with E-state index in [2.05, 4.69) is 6.92 Å². The van der Waals surface area contributed by atoms with Crippen molar-refractivity contribution in [2.24, 2.45) is 5.92 Å². The summed E-state index contributed by atoms with van der Waals surface area (Å²) >= 11 is 0. The zero-order valence-corrected chi connectivity index (χ0v) is 13.1. The van der Waals surface area contributed by atoms with E-state index in [4.69, 9.17) is 0 Å². The van der Waals surface area contributed by atoms with Crippen LogP contribution in [0.3, 0.4) is 0 Å². The number of amides is 2. The highest BCUT2D eigenvalue weighted by Gasteiger charge is 2.41. The first-order chi connectivity index (χ1) is 10.4. The van der Waals surface area contributed by atoms with Crippen molar-refractivity contribution in [1.29, 1.82) is 0 Å². The summed E-state index contributed by atoms with van der Waals surface area (Å²) in [5.74, 6) is 0.00570. The quantitative estimate of drug-likeness (QED) is 0.622. The van der Waals surface area contributed by atoms with Crippen molar-refractivity contribution >= 4 is 23.8 Å². The van der Waals surface area contributed by atoms with Crippen LogP contribution in [0.15, 0.2) is 23.3 Å². The predicted octanol–water partition coefficient (Wildman–Crippen LogP) is 3.11. The average Bonchev–Trinajstić information content (AvgIpc) is 2.71. The van der Waals surface area contributed by atoms with Crippen molar-refractivity contribution in [3.05, 3.63) is 40.0 Å². The van der Waals surface area contributed by atoms with E-state index in [1.807, 2.05) is 19.9 Å². The van der Waals surface area contributed by atoms with Gasteiger partial charge in [0, 0.05) is 16.7 Å². The summed E-state index contributed by atoms with van der Waals surface area (Å²) in [7, 11) is 0. The van der Waals surface area contributed by atoms with Crippen molar-refractivity contribution in [3.8, 4) is 0 Å². The Kier molecular flexibility index (Phi) is 3.47. The first kappa shape index (κ1) is 14.7. The molecular formula is C18H19NO3. The molecule has 0 spiro atoms. The van der Waals surface area contributed by atoms with Gasteiger partial charge in [-0.05, 0) is 56.2 Å². The smallest absolute Gasteiger partial charge is 0.261 e. The van der Waals surface area contributed by atoms with Crippen LogP contribution in [0, 0.1) is 19.8 Å². The monoisotopic (exact) mass is 297 g/mol. The van der Waals surface area contributed by atoms with Crippen LogP contribution in [0.4, 0.5) is 5.69 Å². The van der Waals surface area contributed by atoms with Gasteiger partial charge in [-0.15, -0.1) is 0 Å². The van der Waals surface area contributed by atoms with Gasteiger partial charge in [0.1, 0.15) is 6.29 Å². The van der Waals surface area contributed by atoms with Crippen molar-refractivity contribution in [2.75, 3.05) is 4.90 Å². The Labute approximate surface area is 129 Å². The van der Waals surface area contributed by atoms with E-state index in [1.165, 1.54) is 4.90 Å². The maximum atomic E-state index is 12.7. The standard InChI is InChI=1S/C18H19NO3/c1-10-4-5-14-15(6-10)18(22)19(17(14)21)16-8-13(9-20)11(2)7-12(16)3/h7-10H,4-6H2,1-3H3. The van der Waals surface area contributed by atoms with Crippen LogP contribution in [-0.2, 0) is 9.59 Å². The number of anilines is 1. The second-order valence-electron chi connectivity index (χ2n) is 6.36. The maximum absolute atomic E-state index is 12.7. The van der Waals surface area contributed by atoms with Crippen LogP contribution in [0.2, 0.25) is 0 Å². The van der Waals surface area contributed by atoms with Gasteiger partial charge in [0.05, 0.1) is 5.69 Å². The average molecular weight is 297 g/mol. The molecule has 1 heterocycles. The molecule has 0 fully saturated rings. The van der Waals surface area contributed by atoms with Crippen LogP contribution in [0.5, 0.6) is 0 Å². The van der Waals surface area contributed by atoms with E-state index in [0.29, 0.717) is 41.2 Å². The minimum absolute atomic E-state index is 0.212. The summed E-state index contributed by atoms with van der Waals surface area (Å²) in [5, 5.41) is 0.